The fraction of sp³-hybridized carbons (Fsp3) is 0.933. The average molecular weight is 238 g/mol. The van der Waals surface area contributed by atoms with Crippen LogP contribution in [0.2, 0.25) is 0 Å². The van der Waals surface area contributed by atoms with Gasteiger partial charge in [-0.05, 0) is 37.0 Å². The number of carbonyl (C=O) groups is 1. The largest absolute Gasteiger partial charge is 0.481 e. The van der Waals surface area contributed by atoms with Crippen molar-refractivity contribution in [1.29, 1.82) is 0 Å². The molecule has 2 rings (SSSR count). The minimum absolute atomic E-state index is 0.0483. The zero-order chi connectivity index (χ0) is 12.3. The molecule has 2 heteroatoms. The number of rotatable bonds is 2. The van der Waals surface area contributed by atoms with Gasteiger partial charge in [0.25, 0.3) is 0 Å². The van der Waals surface area contributed by atoms with E-state index >= 15 is 0 Å². The quantitative estimate of drug-likeness (QED) is 0.736. The molecule has 98 valence electrons. The molecule has 0 spiro atoms. The molecule has 0 aliphatic heterocycles. The van der Waals surface area contributed by atoms with E-state index in [2.05, 4.69) is 6.92 Å². The molecule has 17 heavy (non-hydrogen) atoms. The van der Waals surface area contributed by atoms with Crippen LogP contribution in [0.3, 0.4) is 0 Å². The Kier molecular flexibility index (Phi) is 4.47. The molecule has 0 amide bonds. The Hall–Kier alpha value is -0.530. The van der Waals surface area contributed by atoms with Gasteiger partial charge in [-0.3, -0.25) is 4.79 Å². The van der Waals surface area contributed by atoms with E-state index in [4.69, 9.17) is 0 Å². The van der Waals surface area contributed by atoms with Crippen LogP contribution in [-0.2, 0) is 4.79 Å². The summed E-state index contributed by atoms with van der Waals surface area (Å²) >= 11 is 0. The molecule has 0 aromatic carbocycles. The highest BCUT2D eigenvalue weighted by molar-refractivity contribution is 5.70. The van der Waals surface area contributed by atoms with Gasteiger partial charge in [-0.2, -0.15) is 0 Å². The summed E-state index contributed by atoms with van der Waals surface area (Å²) in [4.78, 5) is 11.4. The smallest absolute Gasteiger partial charge is 0.306 e. The molecule has 2 saturated carbocycles. The van der Waals surface area contributed by atoms with Crippen LogP contribution in [0.25, 0.3) is 0 Å². The van der Waals surface area contributed by atoms with Crippen LogP contribution in [0.1, 0.15) is 64.7 Å². The van der Waals surface area contributed by atoms with Crippen molar-refractivity contribution < 1.29 is 9.90 Å². The molecular weight excluding hydrogens is 212 g/mol. The van der Waals surface area contributed by atoms with E-state index in [9.17, 15) is 9.90 Å². The standard InChI is InChI=1S/C15H26O2/c1-11-6-5-7-12(10-11)13-8-3-2-4-9-14(13)15(16)17/h11-14H,2-10H2,1H3,(H,16,17). The van der Waals surface area contributed by atoms with Gasteiger partial charge >= 0.3 is 5.97 Å². The second-order valence-corrected chi connectivity index (χ2v) is 6.28. The lowest BCUT2D eigenvalue weighted by atomic mass is 9.69. The lowest BCUT2D eigenvalue weighted by Crippen LogP contribution is -2.31. The van der Waals surface area contributed by atoms with Gasteiger partial charge in [-0.1, -0.05) is 45.4 Å². The number of carboxylic acids is 1. The Labute approximate surface area is 105 Å². The van der Waals surface area contributed by atoms with E-state index in [-0.39, 0.29) is 5.92 Å². The van der Waals surface area contributed by atoms with Crippen molar-refractivity contribution in [3.05, 3.63) is 0 Å². The Morgan fingerprint density at radius 3 is 2.47 bits per heavy atom. The van der Waals surface area contributed by atoms with E-state index in [1.807, 2.05) is 0 Å². The maximum atomic E-state index is 11.4. The molecular formula is C15H26O2. The number of carboxylic acid groups (broad SMARTS) is 1. The predicted molar refractivity (Wildman–Crippen MR) is 68.8 cm³/mol. The first-order valence-corrected chi connectivity index (χ1v) is 7.41. The lowest BCUT2D eigenvalue weighted by Gasteiger charge is -2.35. The van der Waals surface area contributed by atoms with Crippen molar-refractivity contribution in [2.75, 3.05) is 0 Å². The molecule has 0 aromatic rings. The van der Waals surface area contributed by atoms with Crippen LogP contribution >= 0.6 is 0 Å². The first-order valence-electron chi connectivity index (χ1n) is 7.41. The van der Waals surface area contributed by atoms with Crippen LogP contribution in [0.5, 0.6) is 0 Å². The Morgan fingerprint density at radius 1 is 1.00 bits per heavy atom. The molecule has 4 atom stereocenters. The number of hydrogen-bond donors (Lipinski definition) is 1. The third-order valence-corrected chi connectivity index (χ3v) is 4.97. The second kappa shape index (κ2) is 5.88. The summed E-state index contributed by atoms with van der Waals surface area (Å²) < 4.78 is 0. The maximum absolute atomic E-state index is 11.4. The van der Waals surface area contributed by atoms with Crippen LogP contribution in [0.15, 0.2) is 0 Å². The summed E-state index contributed by atoms with van der Waals surface area (Å²) in [6.45, 7) is 2.33. The normalized spacial score (nSPS) is 39.6. The van der Waals surface area contributed by atoms with E-state index in [0.29, 0.717) is 11.8 Å². The van der Waals surface area contributed by atoms with Crippen LogP contribution < -0.4 is 0 Å². The molecule has 2 nitrogen and oxygen atoms in total. The summed E-state index contributed by atoms with van der Waals surface area (Å²) in [7, 11) is 0. The van der Waals surface area contributed by atoms with Gasteiger partial charge in [0.15, 0.2) is 0 Å². The summed E-state index contributed by atoms with van der Waals surface area (Å²) in [5.41, 5.74) is 0. The zero-order valence-corrected chi connectivity index (χ0v) is 11.0. The fourth-order valence-electron chi connectivity index (χ4n) is 4.08. The molecule has 4 unspecified atom stereocenters. The van der Waals surface area contributed by atoms with Gasteiger partial charge in [0.2, 0.25) is 0 Å². The summed E-state index contributed by atoms with van der Waals surface area (Å²) in [5.74, 6) is 1.39. The highest BCUT2D eigenvalue weighted by Gasteiger charge is 2.36. The van der Waals surface area contributed by atoms with E-state index < -0.39 is 5.97 Å². The molecule has 0 radical (unpaired) electrons. The zero-order valence-electron chi connectivity index (χ0n) is 11.0. The van der Waals surface area contributed by atoms with Crippen LogP contribution in [0.4, 0.5) is 0 Å². The van der Waals surface area contributed by atoms with Crippen molar-refractivity contribution >= 4 is 5.97 Å². The lowest BCUT2D eigenvalue weighted by molar-refractivity contribution is -0.145. The van der Waals surface area contributed by atoms with Crippen LogP contribution in [-0.4, -0.2) is 11.1 Å². The predicted octanol–water partition coefficient (Wildman–Crippen LogP) is 4.09. The molecule has 0 heterocycles. The molecule has 0 bridgehead atoms. The SMILES string of the molecule is CC1CCCC(C2CCCCCC2C(=O)O)C1. The van der Waals surface area contributed by atoms with Gasteiger partial charge in [0.1, 0.15) is 0 Å². The third kappa shape index (κ3) is 3.23. The minimum atomic E-state index is -0.532. The van der Waals surface area contributed by atoms with Gasteiger partial charge in [0.05, 0.1) is 5.92 Å². The highest BCUT2D eigenvalue weighted by atomic mass is 16.4. The minimum Gasteiger partial charge on any atom is -0.481 e. The van der Waals surface area contributed by atoms with Crippen molar-refractivity contribution in [1.82, 2.24) is 0 Å². The molecule has 2 aliphatic carbocycles. The average Bonchev–Trinajstić information content (AvgIpc) is 2.54. The van der Waals surface area contributed by atoms with Gasteiger partial charge in [0, 0.05) is 0 Å². The van der Waals surface area contributed by atoms with E-state index in [1.54, 1.807) is 0 Å². The summed E-state index contributed by atoms with van der Waals surface area (Å²) in [6.07, 6.45) is 10.9. The monoisotopic (exact) mass is 238 g/mol. The number of aliphatic carboxylic acids is 1. The topological polar surface area (TPSA) is 37.3 Å². The molecule has 0 aromatic heterocycles. The Morgan fingerprint density at radius 2 is 1.76 bits per heavy atom. The molecule has 2 aliphatic rings. The van der Waals surface area contributed by atoms with Crippen LogP contribution in [0, 0.1) is 23.7 Å². The van der Waals surface area contributed by atoms with E-state index in [0.717, 1.165) is 25.2 Å². The Balaban J connectivity index is 2.05. The molecule has 1 N–H and O–H groups in total. The maximum Gasteiger partial charge on any atom is 0.306 e. The third-order valence-electron chi connectivity index (χ3n) is 4.97. The van der Waals surface area contributed by atoms with Crippen molar-refractivity contribution in [2.24, 2.45) is 23.7 Å². The van der Waals surface area contributed by atoms with Gasteiger partial charge < -0.3 is 5.11 Å². The summed E-state index contributed by atoms with van der Waals surface area (Å²) in [6, 6.07) is 0. The van der Waals surface area contributed by atoms with E-state index in [1.165, 1.54) is 38.5 Å². The fourth-order valence-corrected chi connectivity index (χ4v) is 4.08. The van der Waals surface area contributed by atoms with Crippen molar-refractivity contribution in [2.45, 2.75) is 64.7 Å². The Bertz CT molecular complexity index is 262. The highest BCUT2D eigenvalue weighted by Crippen LogP contribution is 2.42. The molecule has 0 saturated heterocycles. The first kappa shape index (κ1) is 12.9. The van der Waals surface area contributed by atoms with Gasteiger partial charge in [-0.25, -0.2) is 0 Å². The summed E-state index contributed by atoms with van der Waals surface area (Å²) in [5, 5.41) is 9.43. The van der Waals surface area contributed by atoms with Crippen molar-refractivity contribution in [3.63, 3.8) is 0 Å². The first-order chi connectivity index (χ1) is 8.18. The second-order valence-electron chi connectivity index (χ2n) is 6.28. The van der Waals surface area contributed by atoms with Crippen molar-refractivity contribution in [3.8, 4) is 0 Å². The van der Waals surface area contributed by atoms with Gasteiger partial charge in [-0.15, -0.1) is 0 Å². The molecule has 2 fully saturated rings. The number of hydrogen-bond acceptors (Lipinski definition) is 1.